The molecule has 0 radical (unpaired) electrons. The second kappa shape index (κ2) is 4.59. The van der Waals surface area contributed by atoms with E-state index in [4.69, 9.17) is 9.15 Å². The highest BCUT2D eigenvalue weighted by atomic mass is 16.5. The van der Waals surface area contributed by atoms with E-state index >= 15 is 0 Å². The van der Waals surface area contributed by atoms with Gasteiger partial charge in [0.15, 0.2) is 5.58 Å². The first-order valence-corrected chi connectivity index (χ1v) is 6.65. The Labute approximate surface area is 121 Å². The van der Waals surface area contributed by atoms with Crippen LogP contribution in [-0.2, 0) is 0 Å². The Hall–Kier alpha value is -2.88. The number of hydrogen-bond acceptors (Lipinski definition) is 4. The maximum absolute atomic E-state index is 5.76. The molecular weight excluding hydrogens is 264 g/mol. The number of aromatic nitrogens is 2. The molecule has 4 heteroatoms. The monoisotopic (exact) mass is 276 g/mol. The van der Waals surface area contributed by atoms with Gasteiger partial charge in [-0.2, -0.15) is 0 Å². The number of oxazole rings is 1. The zero-order chi connectivity index (χ0) is 14.2. The molecule has 102 valence electrons. The van der Waals surface area contributed by atoms with Crippen molar-refractivity contribution in [3.63, 3.8) is 0 Å². The molecule has 0 aliphatic rings. The van der Waals surface area contributed by atoms with Crippen molar-refractivity contribution in [3.05, 3.63) is 54.6 Å². The lowest BCUT2D eigenvalue weighted by molar-refractivity contribution is 0.419. The Kier molecular flexibility index (Phi) is 2.60. The Balaban J connectivity index is 1.93. The summed E-state index contributed by atoms with van der Waals surface area (Å²) in [5.41, 5.74) is 3.09. The SMILES string of the molecule is COc1cccc2ccc(-c3nc4ccccc4o3)nc12. The Bertz CT molecular complexity index is 911. The van der Waals surface area contributed by atoms with Crippen molar-refractivity contribution in [1.29, 1.82) is 0 Å². The minimum atomic E-state index is 0.518. The van der Waals surface area contributed by atoms with Gasteiger partial charge in [0.05, 0.1) is 7.11 Å². The third kappa shape index (κ3) is 1.92. The predicted octanol–water partition coefficient (Wildman–Crippen LogP) is 4.05. The minimum Gasteiger partial charge on any atom is -0.494 e. The average molecular weight is 276 g/mol. The molecule has 0 aliphatic heterocycles. The summed E-state index contributed by atoms with van der Waals surface area (Å²) in [5, 5.41) is 1.02. The van der Waals surface area contributed by atoms with Crippen LogP contribution < -0.4 is 4.74 Å². The number of pyridine rings is 1. The van der Waals surface area contributed by atoms with Crippen LogP contribution in [-0.4, -0.2) is 17.1 Å². The van der Waals surface area contributed by atoms with Crippen molar-refractivity contribution < 1.29 is 9.15 Å². The highest BCUT2D eigenvalue weighted by molar-refractivity contribution is 5.86. The van der Waals surface area contributed by atoms with Crippen LogP contribution >= 0.6 is 0 Å². The van der Waals surface area contributed by atoms with E-state index in [1.165, 1.54) is 0 Å². The van der Waals surface area contributed by atoms with Gasteiger partial charge in [-0.15, -0.1) is 0 Å². The first-order valence-electron chi connectivity index (χ1n) is 6.65. The highest BCUT2D eigenvalue weighted by Crippen LogP contribution is 2.28. The van der Waals surface area contributed by atoms with Crippen LogP contribution in [0.5, 0.6) is 5.75 Å². The normalized spacial score (nSPS) is 11.1. The fourth-order valence-corrected chi connectivity index (χ4v) is 2.39. The van der Waals surface area contributed by atoms with Crippen molar-refractivity contribution in [1.82, 2.24) is 9.97 Å². The summed E-state index contributed by atoms with van der Waals surface area (Å²) in [7, 11) is 1.64. The molecule has 2 aromatic heterocycles. The van der Waals surface area contributed by atoms with Crippen LogP contribution in [0.4, 0.5) is 0 Å². The van der Waals surface area contributed by atoms with Gasteiger partial charge in [-0.05, 0) is 24.3 Å². The van der Waals surface area contributed by atoms with Gasteiger partial charge in [-0.3, -0.25) is 0 Å². The van der Waals surface area contributed by atoms with Crippen LogP contribution in [0.15, 0.2) is 59.0 Å². The molecule has 0 fully saturated rings. The number of nitrogens with zero attached hydrogens (tertiary/aromatic N) is 2. The summed E-state index contributed by atoms with van der Waals surface area (Å²) in [5.74, 6) is 1.26. The molecule has 4 rings (SSSR count). The molecule has 0 saturated heterocycles. The Morgan fingerprint density at radius 3 is 2.67 bits per heavy atom. The van der Waals surface area contributed by atoms with Crippen molar-refractivity contribution >= 4 is 22.0 Å². The number of para-hydroxylation sites is 3. The predicted molar refractivity (Wildman–Crippen MR) is 81.3 cm³/mol. The van der Waals surface area contributed by atoms with Crippen LogP contribution in [0.3, 0.4) is 0 Å². The van der Waals surface area contributed by atoms with Crippen LogP contribution in [0.2, 0.25) is 0 Å². The third-order valence-corrected chi connectivity index (χ3v) is 3.42. The van der Waals surface area contributed by atoms with Gasteiger partial charge in [-0.1, -0.05) is 30.3 Å². The van der Waals surface area contributed by atoms with Gasteiger partial charge in [-0.25, -0.2) is 9.97 Å². The molecule has 0 saturated carbocycles. The van der Waals surface area contributed by atoms with Crippen LogP contribution in [0.25, 0.3) is 33.6 Å². The zero-order valence-electron chi connectivity index (χ0n) is 11.4. The van der Waals surface area contributed by atoms with Gasteiger partial charge in [0.1, 0.15) is 22.5 Å². The maximum Gasteiger partial charge on any atom is 0.246 e. The molecule has 4 aromatic rings. The fourth-order valence-electron chi connectivity index (χ4n) is 2.39. The molecule has 0 atom stereocenters. The Morgan fingerprint density at radius 2 is 1.81 bits per heavy atom. The summed E-state index contributed by atoms with van der Waals surface area (Å²) in [6, 6.07) is 17.4. The molecule has 0 unspecified atom stereocenters. The molecule has 0 amide bonds. The van der Waals surface area contributed by atoms with Crippen molar-refractivity contribution in [2.75, 3.05) is 7.11 Å². The van der Waals surface area contributed by atoms with Crippen molar-refractivity contribution in [2.24, 2.45) is 0 Å². The molecule has 0 spiro atoms. The second-order valence-corrected chi connectivity index (χ2v) is 4.72. The number of benzene rings is 2. The average Bonchev–Trinajstić information content (AvgIpc) is 2.97. The zero-order valence-corrected chi connectivity index (χ0v) is 11.4. The van der Waals surface area contributed by atoms with Crippen molar-refractivity contribution in [2.45, 2.75) is 0 Å². The number of fused-ring (bicyclic) bond motifs is 2. The quantitative estimate of drug-likeness (QED) is 0.554. The number of rotatable bonds is 2. The lowest BCUT2D eigenvalue weighted by atomic mass is 10.2. The maximum atomic E-state index is 5.76. The number of hydrogen-bond donors (Lipinski definition) is 0. The van der Waals surface area contributed by atoms with E-state index in [9.17, 15) is 0 Å². The van der Waals surface area contributed by atoms with Crippen molar-refractivity contribution in [3.8, 4) is 17.3 Å². The van der Waals surface area contributed by atoms with E-state index in [-0.39, 0.29) is 0 Å². The summed E-state index contributed by atoms with van der Waals surface area (Å²) in [6.07, 6.45) is 0. The summed E-state index contributed by atoms with van der Waals surface area (Å²) in [4.78, 5) is 9.11. The standard InChI is InChI=1S/C17H12N2O2/c1-20-15-8-4-5-11-9-10-13(18-16(11)15)17-19-12-6-2-3-7-14(12)21-17/h2-10H,1H3. The molecule has 4 nitrogen and oxygen atoms in total. The first-order chi connectivity index (χ1) is 10.3. The smallest absolute Gasteiger partial charge is 0.246 e. The summed E-state index contributed by atoms with van der Waals surface area (Å²) >= 11 is 0. The van der Waals surface area contributed by atoms with E-state index in [1.54, 1.807) is 7.11 Å². The fraction of sp³-hybridized carbons (Fsp3) is 0.0588. The minimum absolute atomic E-state index is 0.518. The van der Waals surface area contributed by atoms with E-state index in [0.29, 0.717) is 11.6 Å². The van der Waals surface area contributed by atoms with Gasteiger partial charge in [0.2, 0.25) is 5.89 Å². The van der Waals surface area contributed by atoms with Gasteiger partial charge in [0, 0.05) is 5.39 Å². The summed E-state index contributed by atoms with van der Waals surface area (Å²) in [6.45, 7) is 0. The number of methoxy groups -OCH3 is 1. The highest BCUT2D eigenvalue weighted by Gasteiger charge is 2.11. The van der Waals surface area contributed by atoms with Gasteiger partial charge < -0.3 is 9.15 Å². The van der Waals surface area contributed by atoms with E-state index < -0.39 is 0 Å². The number of ether oxygens (including phenoxy) is 1. The topological polar surface area (TPSA) is 48.2 Å². The molecule has 2 heterocycles. The first kappa shape index (κ1) is 11.9. The largest absolute Gasteiger partial charge is 0.494 e. The lowest BCUT2D eigenvalue weighted by Gasteiger charge is -2.05. The summed E-state index contributed by atoms with van der Waals surface area (Å²) < 4.78 is 11.1. The van der Waals surface area contributed by atoms with E-state index in [2.05, 4.69) is 9.97 Å². The van der Waals surface area contributed by atoms with Crippen LogP contribution in [0, 0.1) is 0 Å². The lowest BCUT2D eigenvalue weighted by Crippen LogP contribution is -1.90. The van der Waals surface area contributed by atoms with Gasteiger partial charge >= 0.3 is 0 Å². The van der Waals surface area contributed by atoms with Crippen LogP contribution in [0.1, 0.15) is 0 Å². The van der Waals surface area contributed by atoms with E-state index in [1.807, 2.05) is 54.6 Å². The second-order valence-electron chi connectivity index (χ2n) is 4.72. The molecule has 2 aromatic carbocycles. The van der Waals surface area contributed by atoms with E-state index in [0.717, 1.165) is 27.8 Å². The molecule has 0 aliphatic carbocycles. The molecule has 21 heavy (non-hydrogen) atoms. The molecular formula is C17H12N2O2. The molecule has 0 N–H and O–H groups in total. The molecule has 0 bridgehead atoms. The third-order valence-electron chi connectivity index (χ3n) is 3.42. The van der Waals surface area contributed by atoms with Gasteiger partial charge in [0.25, 0.3) is 0 Å². The Morgan fingerprint density at radius 1 is 0.905 bits per heavy atom.